The largest absolute Gasteiger partial charge is 0.383 e. The summed E-state index contributed by atoms with van der Waals surface area (Å²) in [6.45, 7) is 4.84. The van der Waals surface area contributed by atoms with E-state index in [0.717, 1.165) is 5.69 Å². The molecule has 0 aromatic carbocycles. The highest BCUT2D eigenvalue weighted by atomic mass is 16.2. The topological polar surface area (TPSA) is 71.2 Å². The number of nitrogens with one attached hydrogen (secondary N) is 1. The standard InChI is InChI=1S/C13H22N4O/c1-9(2)11(14)8-16-10-5-6-15-12(7-10)13(18)17(3)4/h5-7,9,11H,8,14H2,1-4H3,(H,15,16). The lowest BCUT2D eigenvalue weighted by Gasteiger charge is -2.17. The molecular weight excluding hydrogens is 228 g/mol. The van der Waals surface area contributed by atoms with Gasteiger partial charge < -0.3 is 16.0 Å². The van der Waals surface area contributed by atoms with Crippen LogP contribution in [0.25, 0.3) is 0 Å². The van der Waals surface area contributed by atoms with Crippen molar-refractivity contribution in [2.24, 2.45) is 11.7 Å². The number of rotatable bonds is 5. The Morgan fingerprint density at radius 3 is 2.72 bits per heavy atom. The van der Waals surface area contributed by atoms with Gasteiger partial charge in [0.1, 0.15) is 5.69 Å². The zero-order chi connectivity index (χ0) is 13.7. The molecule has 18 heavy (non-hydrogen) atoms. The van der Waals surface area contributed by atoms with Crippen LogP contribution in [0.2, 0.25) is 0 Å². The van der Waals surface area contributed by atoms with Crippen molar-refractivity contribution >= 4 is 11.6 Å². The molecule has 100 valence electrons. The zero-order valence-corrected chi connectivity index (χ0v) is 11.5. The number of nitrogens with zero attached hydrogens (tertiary/aromatic N) is 2. The van der Waals surface area contributed by atoms with Gasteiger partial charge >= 0.3 is 0 Å². The summed E-state index contributed by atoms with van der Waals surface area (Å²) in [6.07, 6.45) is 1.62. The third-order valence-corrected chi connectivity index (χ3v) is 2.78. The van der Waals surface area contributed by atoms with Crippen LogP contribution in [0.3, 0.4) is 0 Å². The number of nitrogens with two attached hydrogens (primary N) is 1. The molecule has 5 heteroatoms. The number of amides is 1. The lowest BCUT2D eigenvalue weighted by atomic mass is 10.1. The van der Waals surface area contributed by atoms with Crippen LogP contribution in [0.15, 0.2) is 18.3 Å². The molecule has 0 saturated heterocycles. The quantitative estimate of drug-likeness (QED) is 0.823. The predicted molar refractivity (Wildman–Crippen MR) is 73.6 cm³/mol. The van der Waals surface area contributed by atoms with Crippen molar-refractivity contribution in [1.29, 1.82) is 0 Å². The Morgan fingerprint density at radius 2 is 2.17 bits per heavy atom. The summed E-state index contributed by atoms with van der Waals surface area (Å²) in [5.74, 6) is 0.314. The smallest absolute Gasteiger partial charge is 0.272 e. The van der Waals surface area contributed by atoms with Crippen LogP contribution in [0.1, 0.15) is 24.3 Å². The van der Waals surface area contributed by atoms with Gasteiger partial charge in [0, 0.05) is 38.6 Å². The SMILES string of the molecule is CC(C)C(N)CNc1ccnc(C(=O)N(C)C)c1. The molecule has 0 aliphatic carbocycles. The van der Waals surface area contributed by atoms with E-state index in [4.69, 9.17) is 5.73 Å². The maximum atomic E-state index is 11.8. The first-order valence-electron chi connectivity index (χ1n) is 6.09. The fraction of sp³-hybridized carbons (Fsp3) is 0.538. The molecule has 0 radical (unpaired) electrons. The minimum Gasteiger partial charge on any atom is -0.383 e. The van der Waals surface area contributed by atoms with Gasteiger partial charge in [0.2, 0.25) is 0 Å². The van der Waals surface area contributed by atoms with Gasteiger partial charge in [-0.3, -0.25) is 9.78 Å². The molecule has 0 aliphatic heterocycles. The van der Waals surface area contributed by atoms with Crippen LogP contribution in [-0.2, 0) is 0 Å². The van der Waals surface area contributed by atoms with Crippen LogP contribution >= 0.6 is 0 Å². The molecule has 1 atom stereocenters. The summed E-state index contributed by atoms with van der Waals surface area (Å²) in [4.78, 5) is 17.3. The molecule has 1 heterocycles. The molecule has 5 nitrogen and oxygen atoms in total. The number of anilines is 1. The predicted octanol–water partition coefficient (Wildman–Crippen LogP) is 1.18. The highest BCUT2D eigenvalue weighted by molar-refractivity contribution is 5.92. The first-order valence-corrected chi connectivity index (χ1v) is 6.09. The van der Waals surface area contributed by atoms with E-state index in [9.17, 15) is 4.79 Å². The lowest BCUT2D eigenvalue weighted by Crippen LogP contribution is -2.34. The van der Waals surface area contributed by atoms with Crippen molar-refractivity contribution < 1.29 is 4.79 Å². The first-order chi connectivity index (χ1) is 8.41. The highest BCUT2D eigenvalue weighted by Gasteiger charge is 2.11. The molecule has 1 rings (SSSR count). The molecule has 1 amide bonds. The second kappa shape index (κ2) is 6.35. The Morgan fingerprint density at radius 1 is 1.50 bits per heavy atom. The normalized spacial score (nSPS) is 12.3. The molecule has 0 saturated carbocycles. The number of carbonyl (C=O) groups excluding carboxylic acids is 1. The van der Waals surface area contributed by atoms with E-state index in [0.29, 0.717) is 18.2 Å². The number of hydrogen-bond donors (Lipinski definition) is 2. The van der Waals surface area contributed by atoms with Crippen LogP contribution in [0, 0.1) is 5.92 Å². The molecule has 1 unspecified atom stereocenters. The molecule has 1 aromatic rings. The molecule has 3 N–H and O–H groups in total. The Hall–Kier alpha value is -1.62. The zero-order valence-electron chi connectivity index (χ0n) is 11.5. The van der Waals surface area contributed by atoms with Crippen molar-refractivity contribution in [2.75, 3.05) is 26.0 Å². The summed E-state index contributed by atoms with van der Waals surface area (Å²) >= 11 is 0. The maximum Gasteiger partial charge on any atom is 0.272 e. The summed E-state index contributed by atoms with van der Waals surface area (Å²) in [6, 6.07) is 3.67. The second-order valence-corrected chi connectivity index (χ2v) is 4.92. The van der Waals surface area contributed by atoms with Crippen molar-refractivity contribution in [3.63, 3.8) is 0 Å². The van der Waals surface area contributed by atoms with Gasteiger partial charge in [0.15, 0.2) is 0 Å². The summed E-state index contributed by atoms with van der Waals surface area (Å²) in [5.41, 5.74) is 7.26. The van der Waals surface area contributed by atoms with Crippen LogP contribution < -0.4 is 11.1 Å². The monoisotopic (exact) mass is 250 g/mol. The van der Waals surface area contributed by atoms with E-state index in [-0.39, 0.29) is 11.9 Å². The van der Waals surface area contributed by atoms with Gasteiger partial charge in [-0.15, -0.1) is 0 Å². The Bertz CT molecular complexity index is 404. The van der Waals surface area contributed by atoms with Crippen LogP contribution in [0.4, 0.5) is 5.69 Å². The minimum absolute atomic E-state index is 0.0890. The number of aromatic nitrogens is 1. The third-order valence-electron chi connectivity index (χ3n) is 2.78. The fourth-order valence-corrected chi connectivity index (χ4v) is 1.36. The van der Waals surface area contributed by atoms with Gasteiger partial charge in [-0.25, -0.2) is 0 Å². The summed E-state index contributed by atoms with van der Waals surface area (Å²) in [7, 11) is 3.41. The van der Waals surface area contributed by atoms with Gasteiger partial charge in [0.05, 0.1) is 0 Å². The van der Waals surface area contributed by atoms with Crippen LogP contribution in [-0.4, -0.2) is 42.5 Å². The van der Waals surface area contributed by atoms with E-state index in [1.165, 1.54) is 4.90 Å². The van der Waals surface area contributed by atoms with Crippen molar-refractivity contribution in [3.8, 4) is 0 Å². The fourth-order valence-electron chi connectivity index (χ4n) is 1.36. The van der Waals surface area contributed by atoms with Crippen molar-refractivity contribution in [3.05, 3.63) is 24.0 Å². The summed E-state index contributed by atoms with van der Waals surface area (Å²) < 4.78 is 0. The Balaban J connectivity index is 2.68. The molecule has 0 spiro atoms. The molecule has 0 aliphatic rings. The Kier molecular flexibility index (Phi) is 5.09. The first kappa shape index (κ1) is 14.4. The maximum absolute atomic E-state index is 11.8. The second-order valence-electron chi connectivity index (χ2n) is 4.92. The summed E-state index contributed by atoms with van der Waals surface area (Å²) in [5, 5.41) is 3.22. The van der Waals surface area contributed by atoms with Crippen molar-refractivity contribution in [2.45, 2.75) is 19.9 Å². The number of hydrogen-bond acceptors (Lipinski definition) is 4. The van der Waals surface area contributed by atoms with E-state index >= 15 is 0 Å². The molecule has 1 aromatic heterocycles. The van der Waals surface area contributed by atoms with Gasteiger partial charge in [0.25, 0.3) is 5.91 Å². The minimum atomic E-state index is -0.105. The average molecular weight is 250 g/mol. The number of pyridine rings is 1. The molecular formula is C13H22N4O. The van der Waals surface area contributed by atoms with E-state index < -0.39 is 0 Å². The van der Waals surface area contributed by atoms with E-state index in [1.807, 2.05) is 6.07 Å². The molecule has 0 bridgehead atoms. The van der Waals surface area contributed by atoms with Crippen LogP contribution in [0.5, 0.6) is 0 Å². The highest BCUT2D eigenvalue weighted by Crippen LogP contribution is 2.10. The third kappa shape index (κ3) is 4.00. The van der Waals surface area contributed by atoms with E-state index in [2.05, 4.69) is 24.1 Å². The van der Waals surface area contributed by atoms with E-state index in [1.54, 1.807) is 26.4 Å². The van der Waals surface area contributed by atoms with Gasteiger partial charge in [-0.1, -0.05) is 13.8 Å². The number of carbonyl (C=O) groups is 1. The average Bonchev–Trinajstić information content (AvgIpc) is 2.35. The van der Waals surface area contributed by atoms with Crippen molar-refractivity contribution in [1.82, 2.24) is 9.88 Å². The van der Waals surface area contributed by atoms with Gasteiger partial charge in [-0.05, 0) is 18.1 Å². The Labute approximate surface area is 108 Å². The lowest BCUT2D eigenvalue weighted by molar-refractivity contribution is 0.0822. The van der Waals surface area contributed by atoms with Gasteiger partial charge in [-0.2, -0.15) is 0 Å². The molecule has 0 fully saturated rings.